The average molecular weight is 806 g/mol. The number of carbonyl (C=O) groups excluding carboxylic acids is 2. The highest BCUT2D eigenvalue weighted by Gasteiger charge is 2.30. The Labute approximate surface area is 289 Å². The molecule has 4 rings (SSSR count). The van der Waals surface area contributed by atoms with Gasteiger partial charge in [0.1, 0.15) is 0 Å². The van der Waals surface area contributed by atoms with Crippen LogP contribution >= 0.6 is 31.9 Å². The number of halogens is 2. The minimum Gasteiger partial charge on any atom is -0.465 e. The summed E-state index contributed by atoms with van der Waals surface area (Å²) in [5.74, 6) is 0.178. The second-order valence-corrected chi connectivity index (χ2v) is 18.0. The highest BCUT2D eigenvalue weighted by atomic mass is 79.9. The third-order valence-electron chi connectivity index (χ3n) is 8.77. The van der Waals surface area contributed by atoms with Crippen molar-refractivity contribution in [3.8, 4) is 0 Å². The highest BCUT2D eigenvalue weighted by Crippen LogP contribution is 2.43. The number of rotatable bonds is 6. The van der Waals surface area contributed by atoms with Crippen molar-refractivity contribution in [3.05, 3.63) is 55.5 Å². The zero-order chi connectivity index (χ0) is 34.6. The molecule has 4 N–H and O–H groups in total. The molecule has 2 fully saturated rings. The summed E-state index contributed by atoms with van der Waals surface area (Å²) in [7, 11) is -5.68. The van der Waals surface area contributed by atoms with Crippen molar-refractivity contribution < 1.29 is 31.2 Å². The molecule has 0 spiro atoms. The van der Waals surface area contributed by atoms with Crippen LogP contribution < -0.4 is 11.5 Å². The number of hydrogen-bond donors (Lipinski definition) is 2. The quantitative estimate of drug-likeness (QED) is 0.188. The number of esters is 1. The Balaban J connectivity index is 0.000000251. The summed E-state index contributed by atoms with van der Waals surface area (Å²) >= 11 is 6.59. The number of aliphatic imine (C=N–C) groups is 1. The summed E-state index contributed by atoms with van der Waals surface area (Å²) < 4.78 is 54.5. The van der Waals surface area contributed by atoms with Crippen molar-refractivity contribution in [2.45, 2.75) is 86.8 Å². The van der Waals surface area contributed by atoms with Crippen LogP contribution in [0.4, 0.5) is 0 Å². The largest absolute Gasteiger partial charge is 0.465 e. The number of benzene rings is 2. The lowest BCUT2D eigenvalue weighted by atomic mass is 9.79. The van der Waals surface area contributed by atoms with Gasteiger partial charge in [-0.3, -0.25) is 4.79 Å². The minimum absolute atomic E-state index is 0.136. The molecule has 2 aliphatic carbocycles. The van der Waals surface area contributed by atoms with Gasteiger partial charge in [0.05, 0.1) is 32.5 Å². The molecule has 0 unspecified atom stereocenters. The van der Waals surface area contributed by atoms with Crippen LogP contribution in [0, 0.1) is 11.8 Å². The normalized spacial score (nSPS) is 21.8. The van der Waals surface area contributed by atoms with Gasteiger partial charge in [-0.05, 0) is 104 Å². The number of guanidine groups is 1. The van der Waals surface area contributed by atoms with Gasteiger partial charge in [0.25, 0.3) is 5.91 Å². The van der Waals surface area contributed by atoms with E-state index in [0.29, 0.717) is 16.3 Å². The van der Waals surface area contributed by atoms with E-state index in [1.54, 1.807) is 24.3 Å². The topological polar surface area (TPSA) is 176 Å². The molecule has 0 saturated heterocycles. The summed E-state index contributed by atoms with van der Waals surface area (Å²) in [5.41, 5.74) is 12.4. The van der Waals surface area contributed by atoms with Crippen LogP contribution in [0.25, 0.3) is 0 Å². The molecular weight excluding hydrogens is 762 g/mol. The van der Waals surface area contributed by atoms with Crippen LogP contribution in [0.15, 0.2) is 48.0 Å². The van der Waals surface area contributed by atoms with E-state index in [1.807, 2.05) is 0 Å². The zero-order valence-corrected chi connectivity index (χ0v) is 31.6. The van der Waals surface area contributed by atoms with Gasteiger partial charge in [-0.2, -0.15) is 4.99 Å². The second kappa shape index (κ2) is 15.7. The summed E-state index contributed by atoms with van der Waals surface area (Å²) in [4.78, 5) is 27.8. The Hall–Kier alpha value is -2.29. The molecule has 0 radical (unpaired) electrons. The number of carbonyl (C=O) groups is 2. The van der Waals surface area contributed by atoms with Gasteiger partial charge in [0.15, 0.2) is 25.6 Å². The fourth-order valence-electron chi connectivity index (χ4n) is 6.29. The van der Waals surface area contributed by atoms with Crippen LogP contribution in [-0.4, -0.2) is 54.3 Å². The van der Waals surface area contributed by atoms with E-state index in [0.717, 1.165) is 68.7 Å². The smallest absolute Gasteiger partial charge is 0.339 e. The number of ether oxygens (including phenoxy) is 1. The molecule has 2 saturated carbocycles. The molecule has 10 nitrogen and oxygen atoms in total. The standard InChI is InChI=1S/C16H22BrN3O3S.C16H21BrO4S/c1-9-3-5-10(6-4-9)11-7-8-12(15(21)20-16(18)19)13(17)14(11)24(2,22)23;1-10-4-6-11(7-5-10)12-8-9-13(16(18)21-2)14(17)15(12)22(3,19)20/h7-10H,3-6H2,1-2H3,(H4,18,19,20,21);8-11H,4-7H2,1-3H3. The molecule has 2 aliphatic rings. The summed E-state index contributed by atoms with van der Waals surface area (Å²) in [6, 6.07) is 6.73. The molecule has 1 amide bonds. The number of nitrogens with two attached hydrogens (primary N) is 2. The Bertz CT molecular complexity index is 1710. The van der Waals surface area contributed by atoms with E-state index >= 15 is 0 Å². The van der Waals surface area contributed by atoms with E-state index in [9.17, 15) is 26.4 Å². The van der Waals surface area contributed by atoms with Crippen molar-refractivity contribution >= 4 is 69.4 Å². The lowest BCUT2D eigenvalue weighted by Gasteiger charge is -2.28. The van der Waals surface area contributed by atoms with Crippen LogP contribution in [-0.2, 0) is 24.4 Å². The highest BCUT2D eigenvalue weighted by molar-refractivity contribution is 9.10. The fraction of sp³-hybridized carbons (Fsp3) is 0.531. The van der Waals surface area contributed by atoms with Crippen LogP contribution in [0.2, 0.25) is 0 Å². The second-order valence-electron chi connectivity index (χ2n) is 12.5. The van der Waals surface area contributed by atoms with E-state index in [2.05, 4.69) is 50.7 Å². The van der Waals surface area contributed by atoms with Gasteiger partial charge in [-0.1, -0.05) is 51.7 Å². The number of sulfone groups is 2. The predicted octanol–water partition coefficient (Wildman–Crippen LogP) is 6.49. The monoisotopic (exact) mass is 803 g/mol. The first kappa shape index (κ1) is 38.2. The van der Waals surface area contributed by atoms with E-state index < -0.39 is 31.6 Å². The molecule has 0 bridgehead atoms. The molecule has 2 aromatic carbocycles. The first-order valence-electron chi connectivity index (χ1n) is 15.1. The average Bonchev–Trinajstić information content (AvgIpc) is 2.96. The summed E-state index contributed by atoms with van der Waals surface area (Å²) in [5, 5.41) is 0. The van der Waals surface area contributed by atoms with E-state index in [1.165, 1.54) is 13.4 Å². The number of hydrogen-bond acceptors (Lipinski definition) is 7. The fourth-order valence-corrected chi connectivity index (χ4v) is 11.3. The minimum atomic E-state index is -3.52. The van der Waals surface area contributed by atoms with Crippen LogP contribution in [0.5, 0.6) is 0 Å². The number of nitrogens with zero attached hydrogens (tertiary/aromatic N) is 1. The van der Waals surface area contributed by atoms with Crippen molar-refractivity contribution in [2.24, 2.45) is 28.3 Å². The number of amides is 1. The third kappa shape index (κ3) is 9.41. The van der Waals surface area contributed by atoms with Crippen molar-refractivity contribution in [2.75, 3.05) is 19.6 Å². The first-order valence-corrected chi connectivity index (χ1v) is 20.5. The van der Waals surface area contributed by atoms with Gasteiger partial charge in [-0.15, -0.1) is 0 Å². The zero-order valence-electron chi connectivity index (χ0n) is 26.8. The SMILES string of the molecule is CC1CCC(c2ccc(C(=O)N=C(N)N)c(Br)c2S(C)(=O)=O)CC1.COC(=O)c1ccc(C2CCC(C)CC2)c(S(C)(=O)=O)c1Br. The summed E-state index contributed by atoms with van der Waals surface area (Å²) in [6.45, 7) is 4.44. The molecule has 0 aliphatic heterocycles. The Morgan fingerprint density at radius 2 is 1.09 bits per heavy atom. The maximum atomic E-state index is 12.4. The first-order chi connectivity index (χ1) is 21.4. The Kier molecular flexibility index (Phi) is 13.1. The van der Waals surface area contributed by atoms with Crippen molar-refractivity contribution in [1.29, 1.82) is 0 Å². The molecule has 46 heavy (non-hydrogen) atoms. The molecule has 0 aromatic heterocycles. The van der Waals surface area contributed by atoms with Crippen LogP contribution in [0.1, 0.15) is 109 Å². The lowest BCUT2D eigenvalue weighted by molar-refractivity contribution is 0.0599. The molecule has 254 valence electrons. The summed E-state index contributed by atoms with van der Waals surface area (Å²) in [6.07, 6.45) is 10.5. The van der Waals surface area contributed by atoms with Crippen molar-refractivity contribution in [1.82, 2.24) is 0 Å². The van der Waals surface area contributed by atoms with Crippen molar-refractivity contribution in [3.63, 3.8) is 0 Å². The maximum Gasteiger partial charge on any atom is 0.339 e. The Morgan fingerprint density at radius 3 is 1.43 bits per heavy atom. The molecule has 14 heteroatoms. The van der Waals surface area contributed by atoms with Gasteiger partial charge in [0.2, 0.25) is 0 Å². The van der Waals surface area contributed by atoms with E-state index in [4.69, 9.17) is 16.2 Å². The lowest BCUT2D eigenvalue weighted by Crippen LogP contribution is -2.24. The van der Waals surface area contributed by atoms with Gasteiger partial charge in [-0.25, -0.2) is 21.6 Å². The molecule has 0 atom stereocenters. The molecule has 0 heterocycles. The predicted molar refractivity (Wildman–Crippen MR) is 187 cm³/mol. The van der Waals surface area contributed by atoms with Gasteiger partial charge >= 0.3 is 5.97 Å². The Morgan fingerprint density at radius 1 is 0.717 bits per heavy atom. The van der Waals surface area contributed by atoms with Crippen LogP contribution in [0.3, 0.4) is 0 Å². The maximum absolute atomic E-state index is 12.4. The van der Waals surface area contributed by atoms with Gasteiger partial charge in [0, 0.05) is 17.0 Å². The van der Waals surface area contributed by atoms with E-state index in [-0.39, 0.29) is 43.2 Å². The third-order valence-corrected chi connectivity index (χ3v) is 13.3. The van der Waals surface area contributed by atoms with Gasteiger partial charge < -0.3 is 16.2 Å². The molecular formula is C32H43Br2N3O7S2. The molecule has 2 aromatic rings. The number of methoxy groups -OCH3 is 1.